The third kappa shape index (κ3) is 3.04. The summed E-state index contributed by atoms with van der Waals surface area (Å²) >= 11 is 0. The van der Waals surface area contributed by atoms with E-state index in [-0.39, 0.29) is 17.7 Å². The Morgan fingerprint density at radius 2 is 1.81 bits per heavy atom. The van der Waals surface area contributed by atoms with E-state index in [4.69, 9.17) is 4.42 Å². The molecule has 5 nitrogen and oxygen atoms in total. The average molecular weight is 299 g/mol. The molecule has 0 spiro atoms. The third-order valence-corrected chi connectivity index (χ3v) is 2.63. The molecule has 0 aliphatic carbocycles. The molecule has 0 aliphatic rings. The Morgan fingerprint density at radius 1 is 1.19 bits per heavy atom. The molecule has 1 aromatic carbocycles. The molecule has 0 atom stereocenters. The van der Waals surface area contributed by atoms with Crippen LogP contribution in [0.15, 0.2) is 39.5 Å². The fourth-order valence-corrected chi connectivity index (χ4v) is 1.64. The molecule has 1 amide bonds. The Kier molecular flexibility index (Phi) is 3.70. The number of aromatic hydroxyl groups is 1. The Labute approximate surface area is 115 Å². The molecular formula is C13H8F3NO4. The second-order valence-electron chi connectivity index (χ2n) is 4.00. The van der Waals surface area contributed by atoms with E-state index in [9.17, 15) is 27.9 Å². The fraction of sp³-hybridized carbons (Fsp3) is 0.0769. The zero-order valence-corrected chi connectivity index (χ0v) is 10.3. The normalized spacial score (nSPS) is 11.2. The summed E-state index contributed by atoms with van der Waals surface area (Å²) in [5.74, 6) is -0.670. The van der Waals surface area contributed by atoms with Crippen LogP contribution >= 0.6 is 0 Å². The van der Waals surface area contributed by atoms with Crippen molar-refractivity contribution in [2.24, 2.45) is 0 Å². The second kappa shape index (κ2) is 5.31. The van der Waals surface area contributed by atoms with E-state index in [2.05, 4.69) is 0 Å². The number of halogens is 3. The first-order valence-electron chi connectivity index (χ1n) is 5.58. The van der Waals surface area contributed by atoms with Gasteiger partial charge in [-0.3, -0.25) is 4.79 Å². The Morgan fingerprint density at radius 3 is 2.29 bits per heavy atom. The van der Waals surface area contributed by atoms with Crippen LogP contribution in [0, 0.1) is 0 Å². The first kappa shape index (κ1) is 14.6. The van der Waals surface area contributed by atoms with E-state index < -0.39 is 28.8 Å². The number of rotatable bonds is 3. The molecule has 0 bridgehead atoms. The van der Waals surface area contributed by atoms with E-state index in [0.717, 1.165) is 30.3 Å². The summed E-state index contributed by atoms with van der Waals surface area (Å²) in [6.45, 7) is 0. The maximum absolute atomic E-state index is 12.4. The number of anilines is 1. The molecule has 110 valence electrons. The van der Waals surface area contributed by atoms with Gasteiger partial charge in [0, 0.05) is 11.6 Å². The highest BCUT2D eigenvalue weighted by Gasteiger charge is 2.30. The zero-order chi connectivity index (χ0) is 15.6. The van der Waals surface area contributed by atoms with E-state index in [0.29, 0.717) is 0 Å². The summed E-state index contributed by atoms with van der Waals surface area (Å²) in [5, 5.41) is 11.6. The molecule has 0 fully saturated rings. The number of hydrogen-bond acceptors (Lipinski definition) is 4. The summed E-state index contributed by atoms with van der Waals surface area (Å²) in [5.41, 5.74) is -2.14. The molecule has 2 aromatic rings. The Balaban J connectivity index is 2.43. The lowest BCUT2D eigenvalue weighted by Gasteiger charge is -2.08. The smallest absolute Gasteiger partial charge is 0.416 e. The van der Waals surface area contributed by atoms with Gasteiger partial charge in [0.15, 0.2) is 5.69 Å². The standard InChI is InChI=1S/C13H8F3NO4/c14-13(15,16)8-3-1-7(2-4-8)10-5-9(19)11(17-6-18)12(20)21-10/h1-6,19H,(H,17,18). The van der Waals surface area contributed by atoms with Crippen LogP contribution < -0.4 is 10.9 Å². The Hall–Kier alpha value is -2.77. The quantitative estimate of drug-likeness (QED) is 0.854. The van der Waals surface area contributed by atoms with Crippen LogP contribution in [-0.2, 0) is 11.0 Å². The maximum Gasteiger partial charge on any atom is 0.416 e. The number of benzene rings is 1. The van der Waals surface area contributed by atoms with Gasteiger partial charge in [-0.05, 0) is 12.1 Å². The van der Waals surface area contributed by atoms with Crippen LogP contribution in [0.25, 0.3) is 11.3 Å². The largest absolute Gasteiger partial charge is 0.505 e. The summed E-state index contributed by atoms with van der Waals surface area (Å²) in [6.07, 6.45) is -4.29. The molecule has 1 aromatic heterocycles. The minimum Gasteiger partial charge on any atom is -0.505 e. The molecule has 8 heteroatoms. The van der Waals surface area contributed by atoms with E-state index in [1.807, 2.05) is 5.32 Å². The van der Waals surface area contributed by atoms with Gasteiger partial charge in [-0.2, -0.15) is 13.2 Å². The summed E-state index contributed by atoms with van der Waals surface area (Å²) in [7, 11) is 0. The SMILES string of the molecule is O=CNc1c(O)cc(-c2ccc(C(F)(F)F)cc2)oc1=O. The number of amides is 1. The predicted octanol–water partition coefficient (Wildman–Crippen LogP) is 2.60. The minimum atomic E-state index is -4.47. The van der Waals surface area contributed by atoms with Gasteiger partial charge in [0.25, 0.3) is 0 Å². The van der Waals surface area contributed by atoms with Crippen LogP contribution in [-0.4, -0.2) is 11.5 Å². The van der Waals surface area contributed by atoms with E-state index in [1.165, 1.54) is 0 Å². The monoisotopic (exact) mass is 299 g/mol. The second-order valence-corrected chi connectivity index (χ2v) is 4.00. The predicted molar refractivity (Wildman–Crippen MR) is 66.8 cm³/mol. The van der Waals surface area contributed by atoms with Crippen molar-refractivity contribution in [3.05, 3.63) is 46.3 Å². The number of hydrogen-bond donors (Lipinski definition) is 2. The van der Waals surface area contributed by atoms with Crippen molar-refractivity contribution in [1.82, 2.24) is 0 Å². The summed E-state index contributed by atoms with van der Waals surface area (Å²) in [4.78, 5) is 21.8. The number of carbonyl (C=O) groups is 1. The van der Waals surface area contributed by atoms with Gasteiger partial charge in [-0.25, -0.2) is 4.79 Å². The van der Waals surface area contributed by atoms with Crippen molar-refractivity contribution in [3.63, 3.8) is 0 Å². The van der Waals surface area contributed by atoms with Gasteiger partial charge in [-0.1, -0.05) is 12.1 Å². The molecule has 0 saturated carbocycles. The van der Waals surface area contributed by atoms with Gasteiger partial charge < -0.3 is 14.8 Å². The first-order chi connectivity index (χ1) is 9.82. The lowest BCUT2D eigenvalue weighted by Crippen LogP contribution is -2.09. The highest BCUT2D eigenvalue weighted by molar-refractivity contribution is 5.75. The molecule has 2 N–H and O–H groups in total. The highest BCUT2D eigenvalue weighted by Crippen LogP contribution is 2.32. The molecule has 0 aliphatic heterocycles. The van der Waals surface area contributed by atoms with E-state index in [1.54, 1.807) is 0 Å². The fourth-order valence-electron chi connectivity index (χ4n) is 1.64. The van der Waals surface area contributed by atoms with Gasteiger partial charge >= 0.3 is 11.8 Å². The minimum absolute atomic E-state index is 0.123. The molecule has 0 radical (unpaired) electrons. The van der Waals surface area contributed by atoms with Crippen molar-refractivity contribution in [1.29, 1.82) is 0 Å². The van der Waals surface area contributed by atoms with Crippen molar-refractivity contribution < 1.29 is 27.5 Å². The highest BCUT2D eigenvalue weighted by atomic mass is 19.4. The Bertz CT molecular complexity index is 720. The zero-order valence-electron chi connectivity index (χ0n) is 10.3. The number of nitrogens with one attached hydrogen (secondary N) is 1. The molecule has 0 unspecified atom stereocenters. The molecular weight excluding hydrogens is 291 g/mol. The van der Waals surface area contributed by atoms with E-state index >= 15 is 0 Å². The van der Waals surface area contributed by atoms with Crippen LogP contribution in [0.2, 0.25) is 0 Å². The molecule has 0 saturated heterocycles. The van der Waals surface area contributed by atoms with Crippen LogP contribution in [0.4, 0.5) is 18.9 Å². The van der Waals surface area contributed by atoms with Gasteiger partial charge in [0.05, 0.1) is 5.56 Å². The summed E-state index contributed by atoms with van der Waals surface area (Å²) in [6, 6.07) is 4.88. The van der Waals surface area contributed by atoms with Crippen molar-refractivity contribution in [2.45, 2.75) is 6.18 Å². The van der Waals surface area contributed by atoms with Crippen LogP contribution in [0.1, 0.15) is 5.56 Å². The van der Waals surface area contributed by atoms with Crippen LogP contribution in [0.3, 0.4) is 0 Å². The molecule has 1 heterocycles. The molecule has 2 rings (SSSR count). The lowest BCUT2D eigenvalue weighted by atomic mass is 10.1. The van der Waals surface area contributed by atoms with Crippen molar-refractivity contribution in [3.8, 4) is 17.1 Å². The van der Waals surface area contributed by atoms with Crippen LogP contribution in [0.5, 0.6) is 5.75 Å². The average Bonchev–Trinajstić information content (AvgIpc) is 2.42. The third-order valence-electron chi connectivity index (χ3n) is 2.63. The number of carbonyl (C=O) groups excluding carboxylic acids is 1. The number of alkyl halides is 3. The summed E-state index contributed by atoms with van der Waals surface area (Å²) < 4.78 is 42.1. The first-order valence-corrected chi connectivity index (χ1v) is 5.58. The van der Waals surface area contributed by atoms with Crippen molar-refractivity contribution in [2.75, 3.05) is 5.32 Å². The van der Waals surface area contributed by atoms with Gasteiger partial charge in [-0.15, -0.1) is 0 Å². The van der Waals surface area contributed by atoms with Crippen molar-refractivity contribution >= 4 is 12.1 Å². The topological polar surface area (TPSA) is 79.5 Å². The molecule has 21 heavy (non-hydrogen) atoms. The van der Waals surface area contributed by atoms with Gasteiger partial charge in [0.2, 0.25) is 6.41 Å². The van der Waals surface area contributed by atoms with Gasteiger partial charge in [0.1, 0.15) is 11.5 Å². The maximum atomic E-state index is 12.4. The lowest BCUT2D eigenvalue weighted by molar-refractivity contribution is -0.137.